The molecule has 2 aromatic rings. The highest BCUT2D eigenvalue weighted by molar-refractivity contribution is 6.44. The van der Waals surface area contributed by atoms with Gasteiger partial charge in [0.25, 0.3) is 0 Å². The third-order valence-corrected chi connectivity index (χ3v) is 4.53. The van der Waals surface area contributed by atoms with Crippen LogP contribution in [0.25, 0.3) is 0 Å². The van der Waals surface area contributed by atoms with Crippen molar-refractivity contribution in [2.24, 2.45) is 0 Å². The van der Waals surface area contributed by atoms with Crippen LogP contribution < -0.4 is 0 Å². The molecule has 0 N–H and O–H groups in total. The zero-order chi connectivity index (χ0) is 15.5. The van der Waals surface area contributed by atoms with Crippen LogP contribution in [0.3, 0.4) is 0 Å². The van der Waals surface area contributed by atoms with Gasteiger partial charge >= 0.3 is 0 Å². The van der Waals surface area contributed by atoms with Crippen molar-refractivity contribution in [1.82, 2.24) is 4.90 Å². The number of halogens is 2. The summed E-state index contributed by atoms with van der Waals surface area (Å²) in [4.78, 5) is 14.8. The van der Waals surface area contributed by atoms with Gasteiger partial charge in [-0.2, -0.15) is 0 Å². The molecule has 0 fully saturated rings. The van der Waals surface area contributed by atoms with E-state index in [0.717, 1.165) is 19.6 Å². The maximum absolute atomic E-state index is 12.5. The van der Waals surface area contributed by atoms with E-state index in [1.54, 1.807) is 18.2 Å². The standard InChI is InChI=1S/C18H15Cl2NO/c19-16-5-3-4-15(17(16)20)18(22)14-8-6-13(7-9-14)12-21-10-1-2-11-21/h1-9H,10-12H2. The second-order valence-electron chi connectivity index (χ2n) is 5.29. The number of benzene rings is 2. The number of ketones is 1. The average molecular weight is 332 g/mol. The molecule has 3 rings (SSSR count). The van der Waals surface area contributed by atoms with Gasteiger partial charge in [0.05, 0.1) is 10.0 Å². The number of hydrogen-bond donors (Lipinski definition) is 0. The predicted octanol–water partition coefficient (Wildman–Crippen LogP) is 4.60. The topological polar surface area (TPSA) is 20.3 Å². The average Bonchev–Trinajstić information content (AvgIpc) is 3.03. The van der Waals surface area contributed by atoms with Crippen LogP contribution in [0.15, 0.2) is 54.6 Å². The second-order valence-corrected chi connectivity index (χ2v) is 6.08. The van der Waals surface area contributed by atoms with Gasteiger partial charge < -0.3 is 0 Å². The molecular weight excluding hydrogens is 317 g/mol. The normalized spacial score (nSPS) is 14.5. The smallest absolute Gasteiger partial charge is 0.194 e. The van der Waals surface area contributed by atoms with E-state index in [1.807, 2.05) is 24.3 Å². The Balaban J connectivity index is 1.77. The van der Waals surface area contributed by atoms with Gasteiger partial charge in [-0.15, -0.1) is 0 Å². The van der Waals surface area contributed by atoms with Crippen LogP contribution in [-0.4, -0.2) is 23.8 Å². The third kappa shape index (κ3) is 3.25. The molecule has 0 radical (unpaired) electrons. The lowest BCUT2D eigenvalue weighted by Crippen LogP contribution is -2.19. The summed E-state index contributed by atoms with van der Waals surface area (Å²) in [6, 6.07) is 12.8. The lowest BCUT2D eigenvalue weighted by atomic mass is 10.0. The second kappa shape index (κ2) is 6.66. The summed E-state index contributed by atoms with van der Waals surface area (Å²) in [7, 11) is 0. The molecule has 0 bridgehead atoms. The molecule has 0 aromatic heterocycles. The van der Waals surface area contributed by atoms with Crippen molar-refractivity contribution >= 4 is 29.0 Å². The fourth-order valence-corrected chi connectivity index (χ4v) is 2.89. The highest BCUT2D eigenvalue weighted by atomic mass is 35.5. The van der Waals surface area contributed by atoms with Crippen molar-refractivity contribution in [2.75, 3.05) is 13.1 Å². The van der Waals surface area contributed by atoms with Crippen molar-refractivity contribution in [3.05, 3.63) is 81.4 Å². The first-order chi connectivity index (χ1) is 10.6. The van der Waals surface area contributed by atoms with E-state index in [9.17, 15) is 4.79 Å². The highest BCUT2D eigenvalue weighted by Crippen LogP contribution is 2.27. The van der Waals surface area contributed by atoms with Crippen LogP contribution in [0.2, 0.25) is 10.0 Å². The maximum atomic E-state index is 12.5. The summed E-state index contributed by atoms with van der Waals surface area (Å²) >= 11 is 12.1. The molecule has 2 nitrogen and oxygen atoms in total. The first-order valence-corrected chi connectivity index (χ1v) is 7.86. The fraction of sp³-hybridized carbons (Fsp3) is 0.167. The SMILES string of the molecule is O=C(c1ccc(CN2CC=CC2)cc1)c1cccc(Cl)c1Cl. The number of hydrogen-bond acceptors (Lipinski definition) is 2. The predicted molar refractivity (Wildman–Crippen MR) is 90.8 cm³/mol. The Bertz CT molecular complexity index is 714. The van der Waals surface area contributed by atoms with Gasteiger partial charge in [-0.25, -0.2) is 0 Å². The van der Waals surface area contributed by atoms with Crippen LogP contribution in [-0.2, 0) is 6.54 Å². The van der Waals surface area contributed by atoms with Crippen LogP contribution >= 0.6 is 23.2 Å². The highest BCUT2D eigenvalue weighted by Gasteiger charge is 2.15. The summed E-state index contributed by atoms with van der Waals surface area (Å²) in [5.74, 6) is -0.109. The van der Waals surface area contributed by atoms with E-state index < -0.39 is 0 Å². The van der Waals surface area contributed by atoms with Gasteiger partial charge in [0.2, 0.25) is 0 Å². The van der Waals surface area contributed by atoms with Gasteiger partial charge in [-0.1, -0.05) is 65.7 Å². The monoisotopic (exact) mass is 331 g/mol. The Labute approximate surface area is 140 Å². The van der Waals surface area contributed by atoms with Crippen molar-refractivity contribution in [3.8, 4) is 0 Å². The lowest BCUT2D eigenvalue weighted by molar-refractivity contribution is 0.103. The Morgan fingerprint density at radius 1 is 1.00 bits per heavy atom. The minimum absolute atomic E-state index is 0.109. The van der Waals surface area contributed by atoms with Crippen LogP contribution in [0, 0.1) is 0 Å². The Kier molecular flexibility index (Phi) is 4.63. The third-order valence-electron chi connectivity index (χ3n) is 3.71. The van der Waals surface area contributed by atoms with Crippen molar-refractivity contribution in [2.45, 2.75) is 6.54 Å². The number of nitrogens with zero attached hydrogens (tertiary/aromatic N) is 1. The van der Waals surface area contributed by atoms with E-state index >= 15 is 0 Å². The molecule has 1 heterocycles. The first-order valence-electron chi connectivity index (χ1n) is 7.10. The van der Waals surface area contributed by atoms with Gasteiger partial charge in [0.1, 0.15) is 0 Å². The number of carbonyl (C=O) groups excluding carboxylic acids is 1. The van der Waals surface area contributed by atoms with Gasteiger partial charge in [0, 0.05) is 30.8 Å². The van der Waals surface area contributed by atoms with E-state index in [-0.39, 0.29) is 5.78 Å². The fourth-order valence-electron chi connectivity index (χ4n) is 2.51. The zero-order valence-electron chi connectivity index (χ0n) is 11.9. The number of rotatable bonds is 4. The first kappa shape index (κ1) is 15.3. The molecule has 4 heteroatoms. The molecule has 0 atom stereocenters. The molecule has 1 aliphatic heterocycles. The molecule has 0 amide bonds. The summed E-state index contributed by atoms with van der Waals surface area (Å²) in [6.45, 7) is 2.86. The van der Waals surface area contributed by atoms with E-state index in [1.165, 1.54) is 5.56 Å². The summed E-state index contributed by atoms with van der Waals surface area (Å²) < 4.78 is 0. The van der Waals surface area contributed by atoms with Gasteiger partial charge in [-0.05, 0) is 17.7 Å². The van der Waals surface area contributed by atoms with E-state index in [0.29, 0.717) is 21.2 Å². The molecule has 0 spiro atoms. The van der Waals surface area contributed by atoms with Crippen molar-refractivity contribution in [3.63, 3.8) is 0 Å². The molecule has 1 aliphatic rings. The van der Waals surface area contributed by atoms with E-state index in [4.69, 9.17) is 23.2 Å². The molecule has 0 unspecified atom stereocenters. The van der Waals surface area contributed by atoms with Crippen molar-refractivity contribution in [1.29, 1.82) is 0 Å². The van der Waals surface area contributed by atoms with Crippen LogP contribution in [0.5, 0.6) is 0 Å². The molecule has 2 aromatic carbocycles. The molecule has 0 saturated heterocycles. The van der Waals surface area contributed by atoms with Crippen LogP contribution in [0.1, 0.15) is 21.5 Å². The quantitative estimate of drug-likeness (QED) is 0.603. The largest absolute Gasteiger partial charge is 0.292 e. The maximum Gasteiger partial charge on any atom is 0.194 e. The lowest BCUT2D eigenvalue weighted by Gasteiger charge is -2.14. The van der Waals surface area contributed by atoms with Crippen LogP contribution in [0.4, 0.5) is 0 Å². The zero-order valence-corrected chi connectivity index (χ0v) is 13.4. The molecular formula is C18H15Cl2NO. The van der Waals surface area contributed by atoms with Gasteiger partial charge in [0.15, 0.2) is 5.78 Å². The minimum atomic E-state index is -0.109. The Morgan fingerprint density at radius 3 is 2.36 bits per heavy atom. The molecule has 112 valence electrons. The summed E-state index contributed by atoms with van der Waals surface area (Å²) in [5, 5.41) is 0.701. The van der Waals surface area contributed by atoms with Gasteiger partial charge in [-0.3, -0.25) is 9.69 Å². The van der Waals surface area contributed by atoms with Crippen molar-refractivity contribution < 1.29 is 4.79 Å². The summed E-state index contributed by atoms with van der Waals surface area (Å²) in [5.41, 5.74) is 2.25. The Hall–Kier alpha value is -1.61. The molecule has 0 aliphatic carbocycles. The Morgan fingerprint density at radius 2 is 1.68 bits per heavy atom. The number of carbonyl (C=O) groups is 1. The molecule has 0 saturated carbocycles. The minimum Gasteiger partial charge on any atom is -0.292 e. The molecule has 22 heavy (non-hydrogen) atoms. The summed E-state index contributed by atoms with van der Waals surface area (Å²) in [6.07, 6.45) is 4.33. The van der Waals surface area contributed by atoms with E-state index in [2.05, 4.69) is 17.1 Å².